The summed E-state index contributed by atoms with van der Waals surface area (Å²) in [6, 6.07) is 6.10. The number of nitrogens with one attached hydrogen (secondary N) is 2. The highest BCUT2D eigenvalue weighted by Gasteiger charge is 2.19. The van der Waals surface area contributed by atoms with Crippen LogP contribution in [0.25, 0.3) is 11.6 Å². The van der Waals surface area contributed by atoms with Gasteiger partial charge in [0.2, 0.25) is 0 Å². The van der Waals surface area contributed by atoms with E-state index in [4.69, 9.17) is 9.52 Å². The van der Waals surface area contributed by atoms with E-state index in [1.54, 1.807) is 6.20 Å². The third kappa shape index (κ3) is 6.81. The molecular formula is C21H33N7O. The first kappa shape index (κ1) is 21.2. The molecule has 158 valence electrons. The Morgan fingerprint density at radius 1 is 1.28 bits per heavy atom. The number of hydrogen-bond acceptors (Lipinski definition) is 6. The van der Waals surface area contributed by atoms with E-state index in [0.29, 0.717) is 36.4 Å². The zero-order valence-electron chi connectivity index (χ0n) is 17.6. The molecule has 3 heterocycles. The van der Waals surface area contributed by atoms with Crippen molar-refractivity contribution in [3.8, 4) is 11.6 Å². The Morgan fingerprint density at radius 3 is 2.86 bits per heavy atom. The predicted molar refractivity (Wildman–Crippen MR) is 115 cm³/mol. The van der Waals surface area contributed by atoms with Gasteiger partial charge < -0.3 is 20.1 Å². The number of aromatic nitrogens is 3. The quantitative estimate of drug-likeness (QED) is 0.494. The number of rotatable bonds is 9. The molecule has 2 aromatic heterocycles. The monoisotopic (exact) mass is 399 g/mol. The van der Waals surface area contributed by atoms with Gasteiger partial charge in [-0.3, -0.25) is 9.98 Å². The number of aliphatic imine (C=N–C) groups is 1. The summed E-state index contributed by atoms with van der Waals surface area (Å²) < 4.78 is 5.31. The summed E-state index contributed by atoms with van der Waals surface area (Å²) in [5.74, 6) is 1.96. The molecule has 0 bridgehead atoms. The van der Waals surface area contributed by atoms with Crippen molar-refractivity contribution in [1.29, 1.82) is 0 Å². The lowest BCUT2D eigenvalue weighted by Gasteiger charge is -2.33. The van der Waals surface area contributed by atoms with Gasteiger partial charge >= 0.3 is 0 Å². The Kier molecular flexibility index (Phi) is 8.42. The fraction of sp³-hybridized carbons (Fsp3) is 0.619. The molecule has 0 aromatic carbocycles. The van der Waals surface area contributed by atoms with Crippen LogP contribution in [-0.2, 0) is 6.42 Å². The van der Waals surface area contributed by atoms with Crippen LogP contribution in [0.1, 0.15) is 45.4 Å². The van der Waals surface area contributed by atoms with Crippen molar-refractivity contribution in [3.05, 3.63) is 30.2 Å². The lowest BCUT2D eigenvalue weighted by molar-refractivity contribution is 0.203. The summed E-state index contributed by atoms with van der Waals surface area (Å²) >= 11 is 0. The molecule has 1 saturated heterocycles. The smallest absolute Gasteiger partial charge is 0.276 e. The molecular weight excluding hydrogens is 366 g/mol. The van der Waals surface area contributed by atoms with Crippen LogP contribution in [0.15, 0.2) is 33.9 Å². The number of piperidine rings is 1. The topological polar surface area (TPSA) is 91.5 Å². The Balaban J connectivity index is 1.47. The molecule has 8 heteroatoms. The third-order valence-electron chi connectivity index (χ3n) is 5.06. The van der Waals surface area contributed by atoms with Gasteiger partial charge in [0.15, 0.2) is 11.8 Å². The lowest BCUT2D eigenvalue weighted by atomic mass is 10.0. The summed E-state index contributed by atoms with van der Waals surface area (Å²) in [6.07, 6.45) is 7.22. The molecule has 0 spiro atoms. The van der Waals surface area contributed by atoms with Gasteiger partial charge in [-0.2, -0.15) is 4.98 Å². The Labute approximate surface area is 173 Å². The van der Waals surface area contributed by atoms with Gasteiger partial charge in [0, 0.05) is 44.8 Å². The van der Waals surface area contributed by atoms with Crippen LogP contribution in [0.3, 0.4) is 0 Å². The van der Waals surface area contributed by atoms with Crippen molar-refractivity contribution >= 4 is 5.96 Å². The highest BCUT2D eigenvalue weighted by atomic mass is 16.5. The molecule has 8 nitrogen and oxygen atoms in total. The van der Waals surface area contributed by atoms with Gasteiger partial charge in [-0.1, -0.05) is 24.6 Å². The number of guanidine groups is 1. The van der Waals surface area contributed by atoms with E-state index in [2.05, 4.69) is 44.5 Å². The SMILES string of the molecule is CCCCN1CCC(NC(=NCCc2noc(-c3ccccn3)n2)NCC)CC1. The number of likely N-dealkylation sites (tertiary alicyclic amines) is 1. The van der Waals surface area contributed by atoms with Crippen LogP contribution >= 0.6 is 0 Å². The summed E-state index contributed by atoms with van der Waals surface area (Å²) in [6.45, 7) is 9.33. The zero-order valence-corrected chi connectivity index (χ0v) is 17.6. The van der Waals surface area contributed by atoms with Gasteiger partial charge in [-0.15, -0.1) is 0 Å². The summed E-state index contributed by atoms with van der Waals surface area (Å²) in [5, 5.41) is 11.0. The van der Waals surface area contributed by atoms with Crippen molar-refractivity contribution in [3.63, 3.8) is 0 Å². The summed E-state index contributed by atoms with van der Waals surface area (Å²) in [4.78, 5) is 15.9. The number of pyridine rings is 1. The average molecular weight is 400 g/mol. The van der Waals surface area contributed by atoms with Gasteiger partial charge in [-0.25, -0.2) is 0 Å². The Morgan fingerprint density at radius 2 is 2.14 bits per heavy atom. The van der Waals surface area contributed by atoms with Crippen LogP contribution in [-0.4, -0.2) is 64.7 Å². The lowest BCUT2D eigenvalue weighted by Crippen LogP contribution is -2.48. The highest BCUT2D eigenvalue weighted by Crippen LogP contribution is 2.13. The summed E-state index contributed by atoms with van der Waals surface area (Å²) in [7, 11) is 0. The molecule has 0 radical (unpaired) electrons. The molecule has 0 aliphatic carbocycles. The zero-order chi connectivity index (χ0) is 20.3. The maximum Gasteiger partial charge on any atom is 0.276 e. The first-order valence-electron chi connectivity index (χ1n) is 10.8. The highest BCUT2D eigenvalue weighted by molar-refractivity contribution is 5.80. The van der Waals surface area contributed by atoms with Crippen LogP contribution in [0.2, 0.25) is 0 Å². The molecule has 0 atom stereocenters. The largest absolute Gasteiger partial charge is 0.357 e. The van der Waals surface area contributed by atoms with Crippen molar-refractivity contribution in [2.45, 2.75) is 52.0 Å². The second-order valence-corrected chi connectivity index (χ2v) is 7.36. The number of unbranched alkanes of at least 4 members (excludes halogenated alkanes) is 1. The normalized spacial score (nSPS) is 16.1. The van der Waals surface area contributed by atoms with Crippen molar-refractivity contribution in [2.24, 2.45) is 4.99 Å². The molecule has 0 unspecified atom stereocenters. The van der Waals surface area contributed by atoms with E-state index in [0.717, 1.165) is 38.4 Å². The van der Waals surface area contributed by atoms with Gasteiger partial charge in [0.25, 0.3) is 5.89 Å². The van der Waals surface area contributed by atoms with Gasteiger partial charge in [0.1, 0.15) is 5.69 Å². The molecule has 0 saturated carbocycles. The molecule has 0 amide bonds. The standard InChI is InChI=1S/C21H33N7O/c1-3-5-14-28-15-10-17(11-16-28)25-21(22-4-2)24-13-9-19-26-20(29-27-19)18-8-6-7-12-23-18/h6-8,12,17H,3-5,9-11,13-16H2,1-2H3,(H2,22,24,25). The van der Waals surface area contributed by atoms with E-state index in [-0.39, 0.29) is 0 Å². The van der Waals surface area contributed by atoms with E-state index in [1.165, 1.54) is 19.4 Å². The maximum atomic E-state index is 5.31. The first-order valence-corrected chi connectivity index (χ1v) is 10.8. The van der Waals surface area contributed by atoms with Crippen LogP contribution in [0, 0.1) is 0 Å². The maximum absolute atomic E-state index is 5.31. The fourth-order valence-electron chi connectivity index (χ4n) is 3.41. The van der Waals surface area contributed by atoms with E-state index in [9.17, 15) is 0 Å². The van der Waals surface area contributed by atoms with E-state index in [1.807, 2.05) is 18.2 Å². The molecule has 2 N–H and O–H groups in total. The van der Waals surface area contributed by atoms with Crippen LogP contribution in [0.4, 0.5) is 0 Å². The average Bonchev–Trinajstić information content (AvgIpc) is 3.23. The van der Waals surface area contributed by atoms with E-state index >= 15 is 0 Å². The minimum atomic E-state index is 0.449. The molecule has 1 fully saturated rings. The minimum absolute atomic E-state index is 0.449. The van der Waals surface area contributed by atoms with Crippen molar-refractivity contribution < 1.29 is 4.52 Å². The second-order valence-electron chi connectivity index (χ2n) is 7.36. The summed E-state index contributed by atoms with van der Waals surface area (Å²) in [5.41, 5.74) is 0.690. The predicted octanol–water partition coefficient (Wildman–Crippen LogP) is 2.49. The van der Waals surface area contributed by atoms with E-state index < -0.39 is 0 Å². The van der Waals surface area contributed by atoms with Crippen molar-refractivity contribution in [2.75, 3.05) is 32.7 Å². The fourth-order valence-corrected chi connectivity index (χ4v) is 3.41. The molecule has 1 aliphatic rings. The third-order valence-corrected chi connectivity index (χ3v) is 5.06. The van der Waals surface area contributed by atoms with Gasteiger partial charge in [-0.05, 0) is 44.9 Å². The second kappa shape index (κ2) is 11.5. The molecule has 3 rings (SSSR count). The number of nitrogens with zero attached hydrogens (tertiary/aromatic N) is 5. The molecule has 2 aromatic rings. The van der Waals surface area contributed by atoms with Crippen molar-refractivity contribution in [1.82, 2.24) is 30.7 Å². The Hall–Kier alpha value is -2.48. The van der Waals surface area contributed by atoms with Gasteiger partial charge in [0.05, 0.1) is 0 Å². The van der Waals surface area contributed by atoms with Crippen LogP contribution < -0.4 is 10.6 Å². The van der Waals surface area contributed by atoms with Crippen LogP contribution in [0.5, 0.6) is 0 Å². The molecule has 1 aliphatic heterocycles. The number of hydrogen-bond donors (Lipinski definition) is 2. The first-order chi connectivity index (χ1) is 14.3. The minimum Gasteiger partial charge on any atom is -0.357 e. The molecule has 29 heavy (non-hydrogen) atoms. The Bertz CT molecular complexity index is 738.